The number of hydrogen-bond donors (Lipinski definition) is 1. The van der Waals surface area contributed by atoms with Crippen LogP contribution in [0.15, 0.2) is 11.6 Å². The SMILES string of the molecule is C/C=C(\CO)C(=O)OC.[V]. The number of aliphatic hydroxyl groups is 1. The summed E-state index contributed by atoms with van der Waals surface area (Å²) in [6.45, 7) is 1.41. The Kier molecular flexibility index (Phi) is 8.54. The average Bonchev–Trinajstić information content (AvgIpc) is 1.90. The van der Waals surface area contributed by atoms with E-state index in [0.29, 0.717) is 0 Å². The van der Waals surface area contributed by atoms with E-state index in [1.807, 2.05) is 0 Å². The minimum atomic E-state index is -0.472. The largest absolute Gasteiger partial charge is 0.466 e. The van der Waals surface area contributed by atoms with Crippen LogP contribution in [-0.2, 0) is 28.1 Å². The number of aliphatic hydroxyl groups excluding tert-OH is 1. The molecule has 0 aromatic heterocycles. The number of carbonyl (C=O) groups excluding carboxylic acids is 1. The molecule has 57 valence electrons. The van der Waals surface area contributed by atoms with Crippen molar-refractivity contribution >= 4 is 5.97 Å². The monoisotopic (exact) mass is 181 g/mol. The van der Waals surface area contributed by atoms with Crippen molar-refractivity contribution in [2.75, 3.05) is 13.7 Å². The Balaban J connectivity index is 0. The van der Waals surface area contributed by atoms with Gasteiger partial charge in [0.25, 0.3) is 0 Å². The molecule has 0 aliphatic heterocycles. The van der Waals surface area contributed by atoms with E-state index in [0.717, 1.165) is 0 Å². The van der Waals surface area contributed by atoms with Crippen molar-refractivity contribution in [2.45, 2.75) is 6.92 Å². The molecule has 10 heavy (non-hydrogen) atoms. The Hall–Kier alpha value is -0.246. The number of carbonyl (C=O) groups is 1. The van der Waals surface area contributed by atoms with Gasteiger partial charge in [-0.2, -0.15) is 0 Å². The minimum absolute atomic E-state index is 0. The van der Waals surface area contributed by atoms with Crippen molar-refractivity contribution in [3.63, 3.8) is 0 Å². The average molecular weight is 181 g/mol. The van der Waals surface area contributed by atoms with Gasteiger partial charge in [0.15, 0.2) is 0 Å². The summed E-state index contributed by atoms with van der Waals surface area (Å²) in [6, 6.07) is 0. The van der Waals surface area contributed by atoms with Gasteiger partial charge < -0.3 is 9.84 Å². The van der Waals surface area contributed by atoms with Crippen LogP contribution in [0.25, 0.3) is 0 Å². The van der Waals surface area contributed by atoms with Crippen LogP contribution < -0.4 is 0 Å². The summed E-state index contributed by atoms with van der Waals surface area (Å²) >= 11 is 0. The molecule has 0 unspecified atom stereocenters. The molecule has 0 fully saturated rings. The number of rotatable bonds is 2. The quantitative estimate of drug-likeness (QED) is 0.485. The van der Waals surface area contributed by atoms with Crippen LogP contribution in [-0.4, -0.2) is 24.8 Å². The maximum absolute atomic E-state index is 10.5. The smallest absolute Gasteiger partial charge is 0.335 e. The molecular formula is C6H10O3V. The van der Waals surface area contributed by atoms with Crippen molar-refractivity contribution in [3.05, 3.63) is 11.6 Å². The van der Waals surface area contributed by atoms with Crippen LogP contribution in [0.1, 0.15) is 6.92 Å². The second-order valence-corrected chi connectivity index (χ2v) is 1.46. The Morgan fingerprint density at radius 2 is 2.20 bits per heavy atom. The first-order valence-corrected chi connectivity index (χ1v) is 2.60. The predicted molar refractivity (Wildman–Crippen MR) is 32.9 cm³/mol. The second-order valence-electron chi connectivity index (χ2n) is 1.46. The maximum atomic E-state index is 10.5. The van der Waals surface area contributed by atoms with Gasteiger partial charge in [0.05, 0.1) is 19.3 Å². The molecule has 0 aromatic carbocycles. The van der Waals surface area contributed by atoms with Crippen molar-refractivity contribution in [2.24, 2.45) is 0 Å². The van der Waals surface area contributed by atoms with Gasteiger partial charge in [0.2, 0.25) is 0 Å². The number of allylic oxidation sites excluding steroid dienone is 1. The first-order chi connectivity index (χ1) is 4.26. The Morgan fingerprint density at radius 1 is 1.70 bits per heavy atom. The van der Waals surface area contributed by atoms with Crippen LogP contribution in [0.4, 0.5) is 0 Å². The van der Waals surface area contributed by atoms with Crippen LogP contribution in [0.3, 0.4) is 0 Å². The molecule has 0 aromatic rings. The van der Waals surface area contributed by atoms with Crippen LogP contribution in [0.2, 0.25) is 0 Å². The molecule has 0 heterocycles. The summed E-state index contributed by atoms with van der Waals surface area (Å²) in [5, 5.41) is 8.46. The van der Waals surface area contributed by atoms with Crippen molar-refractivity contribution < 1.29 is 33.2 Å². The van der Waals surface area contributed by atoms with Gasteiger partial charge in [0.1, 0.15) is 0 Å². The molecule has 1 radical (unpaired) electrons. The number of methoxy groups -OCH3 is 1. The fourth-order valence-electron chi connectivity index (χ4n) is 0.405. The molecular weight excluding hydrogens is 171 g/mol. The summed E-state index contributed by atoms with van der Waals surface area (Å²) in [5.74, 6) is -0.472. The van der Waals surface area contributed by atoms with E-state index in [9.17, 15) is 4.79 Å². The molecule has 0 rings (SSSR count). The molecule has 0 aliphatic rings. The Morgan fingerprint density at radius 3 is 2.30 bits per heavy atom. The number of hydrogen-bond acceptors (Lipinski definition) is 3. The van der Waals surface area contributed by atoms with Gasteiger partial charge in [-0.3, -0.25) is 0 Å². The van der Waals surface area contributed by atoms with Crippen LogP contribution in [0.5, 0.6) is 0 Å². The van der Waals surface area contributed by atoms with Gasteiger partial charge >= 0.3 is 5.97 Å². The maximum Gasteiger partial charge on any atom is 0.335 e. The predicted octanol–water partition coefficient (Wildman–Crippen LogP) is 0.0955. The summed E-state index contributed by atoms with van der Waals surface area (Å²) in [7, 11) is 1.28. The summed E-state index contributed by atoms with van der Waals surface area (Å²) in [6.07, 6.45) is 1.52. The van der Waals surface area contributed by atoms with Crippen LogP contribution in [0, 0.1) is 0 Å². The van der Waals surface area contributed by atoms with E-state index < -0.39 is 5.97 Å². The minimum Gasteiger partial charge on any atom is -0.466 e. The number of esters is 1. The van der Waals surface area contributed by atoms with Crippen molar-refractivity contribution in [1.29, 1.82) is 0 Å². The van der Waals surface area contributed by atoms with Gasteiger partial charge in [-0.05, 0) is 6.92 Å². The van der Waals surface area contributed by atoms with Gasteiger partial charge in [0, 0.05) is 18.6 Å². The third-order valence-electron chi connectivity index (χ3n) is 0.966. The molecule has 0 bridgehead atoms. The Bertz CT molecular complexity index is 131. The normalized spacial score (nSPS) is 10.1. The topological polar surface area (TPSA) is 46.5 Å². The molecule has 4 heteroatoms. The first kappa shape index (κ1) is 12.4. The zero-order valence-electron chi connectivity index (χ0n) is 6.00. The molecule has 1 N–H and O–H groups in total. The van der Waals surface area contributed by atoms with E-state index in [1.165, 1.54) is 13.2 Å². The molecule has 0 amide bonds. The standard InChI is InChI=1S/C6H10O3.V/c1-3-5(4-7)6(8)9-2;/h3,7H,4H2,1-2H3;/b5-3+;. The summed E-state index contributed by atoms with van der Waals surface area (Å²) < 4.78 is 4.33. The molecule has 0 saturated heterocycles. The van der Waals surface area contributed by atoms with Crippen molar-refractivity contribution in [3.8, 4) is 0 Å². The van der Waals surface area contributed by atoms with E-state index in [2.05, 4.69) is 4.74 Å². The molecule has 0 atom stereocenters. The zero-order valence-corrected chi connectivity index (χ0v) is 7.39. The third-order valence-corrected chi connectivity index (χ3v) is 0.966. The fourth-order valence-corrected chi connectivity index (χ4v) is 0.405. The Labute approximate surface area is 72.0 Å². The van der Waals surface area contributed by atoms with E-state index in [-0.39, 0.29) is 30.7 Å². The zero-order chi connectivity index (χ0) is 7.28. The summed E-state index contributed by atoms with van der Waals surface area (Å²) in [4.78, 5) is 10.5. The van der Waals surface area contributed by atoms with E-state index in [4.69, 9.17) is 5.11 Å². The molecule has 0 aliphatic carbocycles. The third kappa shape index (κ3) is 3.72. The second kappa shape index (κ2) is 6.87. The first-order valence-electron chi connectivity index (χ1n) is 2.60. The fraction of sp³-hybridized carbons (Fsp3) is 0.500. The molecule has 0 spiro atoms. The molecule has 0 saturated carbocycles. The van der Waals surface area contributed by atoms with Crippen LogP contribution >= 0.6 is 0 Å². The van der Waals surface area contributed by atoms with E-state index in [1.54, 1.807) is 6.92 Å². The van der Waals surface area contributed by atoms with Gasteiger partial charge in [-0.1, -0.05) is 6.08 Å². The summed E-state index contributed by atoms with van der Waals surface area (Å²) in [5.41, 5.74) is 0.289. The van der Waals surface area contributed by atoms with Crippen molar-refractivity contribution in [1.82, 2.24) is 0 Å². The van der Waals surface area contributed by atoms with Gasteiger partial charge in [-0.25, -0.2) is 4.79 Å². The molecule has 3 nitrogen and oxygen atoms in total. The number of ether oxygens (including phenoxy) is 1. The van der Waals surface area contributed by atoms with E-state index >= 15 is 0 Å². The van der Waals surface area contributed by atoms with Gasteiger partial charge in [-0.15, -0.1) is 0 Å².